The quantitative estimate of drug-likeness (QED) is 0.649. The SMILES string of the molecule is Cc1noc2nc(C(C)C)cc(C(=O)Nc3ccc(Br)cc3O)c12. The average molecular weight is 390 g/mol. The van der Waals surface area contributed by atoms with E-state index < -0.39 is 0 Å². The number of phenolic OH excluding ortho intramolecular Hbond substituents is 1. The molecule has 124 valence electrons. The number of fused-ring (bicyclic) bond motifs is 1. The molecule has 0 unspecified atom stereocenters. The maximum Gasteiger partial charge on any atom is 0.259 e. The zero-order chi connectivity index (χ0) is 17.4. The highest BCUT2D eigenvalue weighted by molar-refractivity contribution is 9.10. The van der Waals surface area contributed by atoms with Gasteiger partial charge in [0.15, 0.2) is 0 Å². The Hall–Kier alpha value is -2.41. The smallest absolute Gasteiger partial charge is 0.259 e. The molecule has 1 amide bonds. The Kier molecular flexibility index (Phi) is 4.28. The maximum absolute atomic E-state index is 12.8. The zero-order valence-electron chi connectivity index (χ0n) is 13.4. The molecule has 0 radical (unpaired) electrons. The van der Waals surface area contributed by atoms with Gasteiger partial charge in [0.05, 0.1) is 22.3 Å². The van der Waals surface area contributed by atoms with Crippen molar-refractivity contribution in [3.63, 3.8) is 0 Å². The Morgan fingerprint density at radius 2 is 2.08 bits per heavy atom. The van der Waals surface area contributed by atoms with Crippen LogP contribution >= 0.6 is 15.9 Å². The Labute approximate surface area is 147 Å². The van der Waals surface area contributed by atoms with E-state index in [1.165, 1.54) is 6.07 Å². The lowest BCUT2D eigenvalue weighted by Crippen LogP contribution is -2.14. The second-order valence-electron chi connectivity index (χ2n) is 5.81. The largest absolute Gasteiger partial charge is 0.506 e. The fraction of sp³-hybridized carbons (Fsp3) is 0.235. The van der Waals surface area contributed by atoms with Crippen molar-refractivity contribution in [2.45, 2.75) is 26.7 Å². The Balaban J connectivity index is 2.06. The Bertz CT molecular complexity index is 934. The summed E-state index contributed by atoms with van der Waals surface area (Å²) in [5.41, 5.74) is 2.42. The molecule has 0 bridgehead atoms. The highest BCUT2D eigenvalue weighted by Gasteiger charge is 2.20. The number of rotatable bonds is 3. The van der Waals surface area contributed by atoms with E-state index in [2.05, 4.69) is 31.4 Å². The number of benzene rings is 1. The summed E-state index contributed by atoms with van der Waals surface area (Å²) in [5.74, 6) is -0.241. The van der Waals surface area contributed by atoms with Crippen molar-refractivity contribution >= 4 is 38.6 Å². The van der Waals surface area contributed by atoms with Gasteiger partial charge in [0.1, 0.15) is 5.75 Å². The number of hydrogen-bond donors (Lipinski definition) is 2. The molecule has 0 aliphatic heterocycles. The van der Waals surface area contributed by atoms with Crippen LogP contribution in [0.25, 0.3) is 11.1 Å². The second-order valence-corrected chi connectivity index (χ2v) is 6.73. The predicted molar refractivity (Wildman–Crippen MR) is 94.4 cm³/mol. The lowest BCUT2D eigenvalue weighted by atomic mass is 10.0. The number of nitrogens with zero attached hydrogens (tertiary/aromatic N) is 2. The topological polar surface area (TPSA) is 88.2 Å². The molecule has 0 spiro atoms. The van der Waals surface area contributed by atoms with E-state index in [1.54, 1.807) is 25.1 Å². The molecule has 0 aliphatic rings. The Morgan fingerprint density at radius 1 is 1.33 bits per heavy atom. The van der Waals surface area contributed by atoms with Gasteiger partial charge in [-0.05, 0) is 37.1 Å². The van der Waals surface area contributed by atoms with Crippen LogP contribution in [0.2, 0.25) is 0 Å². The molecule has 3 aromatic rings. The van der Waals surface area contributed by atoms with Crippen LogP contribution in [0.1, 0.15) is 41.5 Å². The van der Waals surface area contributed by atoms with Crippen LogP contribution in [0.5, 0.6) is 5.75 Å². The molecule has 0 saturated heterocycles. The van der Waals surface area contributed by atoms with Crippen molar-refractivity contribution in [3.05, 3.63) is 45.7 Å². The van der Waals surface area contributed by atoms with Crippen molar-refractivity contribution in [2.75, 3.05) is 5.32 Å². The van der Waals surface area contributed by atoms with Gasteiger partial charge in [0, 0.05) is 10.2 Å². The van der Waals surface area contributed by atoms with Gasteiger partial charge in [-0.2, -0.15) is 0 Å². The predicted octanol–water partition coefficient (Wildman–Crippen LogP) is 4.38. The summed E-state index contributed by atoms with van der Waals surface area (Å²) in [5, 5.41) is 17.2. The van der Waals surface area contributed by atoms with E-state index in [0.717, 1.165) is 10.2 Å². The first-order valence-corrected chi connectivity index (χ1v) is 8.23. The van der Waals surface area contributed by atoms with Crippen LogP contribution < -0.4 is 5.32 Å². The molecule has 7 heteroatoms. The average Bonchev–Trinajstić information content (AvgIpc) is 2.90. The number of aromatic nitrogens is 2. The van der Waals surface area contributed by atoms with Crippen LogP contribution in [0, 0.1) is 6.92 Å². The van der Waals surface area contributed by atoms with E-state index >= 15 is 0 Å². The third kappa shape index (κ3) is 2.99. The van der Waals surface area contributed by atoms with E-state index in [0.29, 0.717) is 28.0 Å². The fourth-order valence-corrected chi connectivity index (χ4v) is 2.74. The third-order valence-electron chi connectivity index (χ3n) is 3.68. The first-order chi connectivity index (χ1) is 11.4. The van der Waals surface area contributed by atoms with Gasteiger partial charge in [-0.1, -0.05) is 34.9 Å². The van der Waals surface area contributed by atoms with Crippen molar-refractivity contribution in [1.82, 2.24) is 10.1 Å². The van der Waals surface area contributed by atoms with Crippen LogP contribution in [0.3, 0.4) is 0 Å². The number of hydrogen-bond acceptors (Lipinski definition) is 5. The molecule has 0 fully saturated rings. The van der Waals surface area contributed by atoms with Crippen LogP contribution in [-0.4, -0.2) is 21.2 Å². The summed E-state index contributed by atoms with van der Waals surface area (Å²) in [6.45, 7) is 5.73. The minimum Gasteiger partial charge on any atom is -0.506 e. The molecular formula is C17H16BrN3O3. The lowest BCUT2D eigenvalue weighted by molar-refractivity contribution is 0.102. The molecule has 0 saturated carbocycles. The molecule has 0 aliphatic carbocycles. The third-order valence-corrected chi connectivity index (χ3v) is 4.17. The van der Waals surface area contributed by atoms with E-state index in [9.17, 15) is 9.90 Å². The van der Waals surface area contributed by atoms with Gasteiger partial charge in [0.2, 0.25) is 0 Å². The van der Waals surface area contributed by atoms with Crippen molar-refractivity contribution in [2.24, 2.45) is 0 Å². The molecule has 0 atom stereocenters. The van der Waals surface area contributed by atoms with Gasteiger partial charge in [-0.15, -0.1) is 0 Å². The van der Waals surface area contributed by atoms with E-state index in [4.69, 9.17) is 4.52 Å². The van der Waals surface area contributed by atoms with Gasteiger partial charge in [-0.3, -0.25) is 4.79 Å². The maximum atomic E-state index is 12.8. The molecule has 2 N–H and O–H groups in total. The van der Waals surface area contributed by atoms with Crippen molar-refractivity contribution < 1.29 is 14.4 Å². The zero-order valence-corrected chi connectivity index (χ0v) is 15.0. The first kappa shape index (κ1) is 16.4. The number of pyridine rings is 1. The van der Waals surface area contributed by atoms with Gasteiger partial charge in [-0.25, -0.2) is 4.98 Å². The normalized spacial score (nSPS) is 11.2. The molecule has 2 heterocycles. The number of carbonyl (C=O) groups is 1. The summed E-state index contributed by atoms with van der Waals surface area (Å²) in [4.78, 5) is 17.2. The van der Waals surface area contributed by atoms with Crippen LogP contribution in [0.15, 0.2) is 33.3 Å². The van der Waals surface area contributed by atoms with Crippen molar-refractivity contribution in [3.8, 4) is 5.75 Å². The molecule has 24 heavy (non-hydrogen) atoms. The number of aryl methyl sites for hydroxylation is 1. The first-order valence-electron chi connectivity index (χ1n) is 7.43. The molecular weight excluding hydrogens is 374 g/mol. The van der Waals surface area contributed by atoms with E-state index in [-0.39, 0.29) is 17.6 Å². The summed E-state index contributed by atoms with van der Waals surface area (Å²) < 4.78 is 5.95. The minimum absolute atomic E-state index is 0.0193. The summed E-state index contributed by atoms with van der Waals surface area (Å²) in [6.07, 6.45) is 0. The molecule has 2 aromatic heterocycles. The number of nitrogens with one attached hydrogen (secondary N) is 1. The van der Waals surface area contributed by atoms with Crippen molar-refractivity contribution in [1.29, 1.82) is 0 Å². The van der Waals surface area contributed by atoms with Crippen LogP contribution in [-0.2, 0) is 0 Å². The number of anilines is 1. The summed E-state index contributed by atoms with van der Waals surface area (Å²) in [7, 11) is 0. The monoisotopic (exact) mass is 389 g/mol. The number of phenols is 1. The number of halogens is 1. The summed E-state index contributed by atoms with van der Waals surface area (Å²) >= 11 is 3.27. The van der Waals surface area contributed by atoms with Gasteiger partial charge < -0.3 is 14.9 Å². The fourth-order valence-electron chi connectivity index (χ4n) is 2.39. The molecule has 3 rings (SSSR count). The minimum atomic E-state index is -0.353. The van der Waals surface area contributed by atoms with Gasteiger partial charge in [0.25, 0.3) is 11.6 Å². The standard InChI is InChI=1S/C17H16BrN3O3/c1-8(2)13-7-11(15-9(3)21-24-17(15)20-13)16(23)19-12-5-4-10(18)6-14(12)22/h4-8,22H,1-3H3,(H,19,23). The number of carbonyl (C=O) groups excluding carboxylic acids is 1. The summed E-state index contributed by atoms with van der Waals surface area (Å²) in [6, 6.07) is 6.62. The highest BCUT2D eigenvalue weighted by atomic mass is 79.9. The highest BCUT2D eigenvalue weighted by Crippen LogP contribution is 2.29. The van der Waals surface area contributed by atoms with Crippen LogP contribution in [0.4, 0.5) is 5.69 Å². The molecule has 1 aromatic carbocycles. The number of amides is 1. The molecule has 6 nitrogen and oxygen atoms in total. The lowest BCUT2D eigenvalue weighted by Gasteiger charge is -2.10. The second kappa shape index (κ2) is 6.24. The Morgan fingerprint density at radius 3 is 2.75 bits per heavy atom. The number of aromatic hydroxyl groups is 1. The van der Waals surface area contributed by atoms with E-state index in [1.807, 2.05) is 13.8 Å². The van der Waals surface area contributed by atoms with Gasteiger partial charge >= 0.3 is 0 Å².